The lowest BCUT2D eigenvalue weighted by Gasteiger charge is -2.45. The molecule has 0 bridgehead atoms. The van der Waals surface area contributed by atoms with Crippen LogP contribution in [0.25, 0.3) is 11.3 Å². The third-order valence-corrected chi connectivity index (χ3v) is 8.89. The van der Waals surface area contributed by atoms with Gasteiger partial charge >= 0.3 is 12.2 Å². The molecule has 9 nitrogen and oxygen atoms in total. The number of hydrogen-bond acceptors (Lipinski definition) is 6. The van der Waals surface area contributed by atoms with Gasteiger partial charge in [0, 0.05) is 49.5 Å². The monoisotopic (exact) mass is 604 g/mol. The molecule has 1 unspecified atom stereocenters. The van der Waals surface area contributed by atoms with Crippen molar-refractivity contribution in [2.24, 2.45) is 0 Å². The molecule has 2 aromatic carbocycles. The number of benzene rings is 2. The van der Waals surface area contributed by atoms with Gasteiger partial charge in [-0.25, -0.2) is 19.0 Å². The van der Waals surface area contributed by atoms with E-state index in [9.17, 15) is 14.0 Å². The summed E-state index contributed by atoms with van der Waals surface area (Å²) in [5.41, 5.74) is 1.28. The topological polar surface area (TPSA) is 97.0 Å². The first-order valence-corrected chi connectivity index (χ1v) is 15.4. The van der Waals surface area contributed by atoms with Crippen molar-refractivity contribution in [3.8, 4) is 17.0 Å². The number of halogens is 1. The molecule has 1 aromatic heterocycles. The van der Waals surface area contributed by atoms with E-state index in [1.807, 2.05) is 65.0 Å². The van der Waals surface area contributed by atoms with Gasteiger partial charge < -0.3 is 29.0 Å². The predicted octanol–water partition coefficient (Wildman–Crippen LogP) is 7.13. The van der Waals surface area contributed by atoms with Crippen LogP contribution in [0.2, 0.25) is 0 Å². The summed E-state index contributed by atoms with van der Waals surface area (Å²) >= 11 is 0. The molecule has 10 heteroatoms. The van der Waals surface area contributed by atoms with Gasteiger partial charge in [-0.3, -0.25) is 0 Å². The van der Waals surface area contributed by atoms with E-state index in [4.69, 9.17) is 19.2 Å². The Morgan fingerprint density at radius 3 is 2.48 bits per heavy atom. The molecule has 6 rings (SSSR count). The number of amides is 2. The summed E-state index contributed by atoms with van der Waals surface area (Å²) in [6.07, 6.45) is 1.78. The maximum Gasteiger partial charge on any atom is 0.410 e. The Labute approximate surface area is 257 Å². The molecule has 3 aromatic rings. The van der Waals surface area contributed by atoms with Gasteiger partial charge in [0.2, 0.25) is 0 Å². The van der Waals surface area contributed by atoms with E-state index in [1.165, 1.54) is 12.1 Å². The normalized spacial score (nSPS) is 20.4. The molecule has 0 aliphatic carbocycles. The van der Waals surface area contributed by atoms with Crippen molar-refractivity contribution in [3.05, 3.63) is 71.4 Å². The minimum absolute atomic E-state index is 0.0522. The number of piperidine rings is 2. The van der Waals surface area contributed by atoms with E-state index in [1.54, 1.807) is 15.9 Å². The molecule has 4 heterocycles. The molecule has 1 spiro atoms. The number of rotatable bonds is 3. The molecule has 44 heavy (non-hydrogen) atoms. The van der Waals surface area contributed by atoms with Crippen molar-refractivity contribution in [2.75, 3.05) is 19.6 Å². The van der Waals surface area contributed by atoms with Crippen molar-refractivity contribution >= 4 is 12.2 Å². The Kier molecular flexibility index (Phi) is 7.58. The molecule has 2 amide bonds. The second-order valence-electron chi connectivity index (χ2n) is 13.7. The number of fused-ring (bicyclic) bond motifs is 4. The molecule has 3 aliphatic rings. The summed E-state index contributed by atoms with van der Waals surface area (Å²) in [4.78, 5) is 38.1. The Hall–Kier alpha value is -4.08. The van der Waals surface area contributed by atoms with Crippen molar-refractivity contribution in [2.45, 2.75) is 89.6 Å². The summed E-state index contributed by atoms with van der Waals surface area (Å²) in [6.45, 7) is 11.3. The SMILES string of the molecule is CC(C)(C)OC(=O)N1CCC(c2nc3c([nH]2)C2(CCN(C(=O)OCc4ccccc4)CC2)Oc2ccc(F)cc2-3)CC1(C)C. The molecule has 0 saturated carbocycles. The van der Waals surface area contributed by atoms with Crippen LogP contribution >= 0.6 is 0 Å². The lowest BCUT2D eigenvalue weighted by Crippen LogP contribution is -2.53. The maximum atomic E-state index is 14.5. The summed E-state index contributed by atoms with van der Waals surface area (Å²) in [5, 5.41) is 0. The minimum Gasteiger partial charge on any atom is -0.480 e. The first-order chi connectivity index (χ1) is 20.8. The van der Waals surface area contributed by atoms with Crippen molar-refractivity contribution in [1.29, 1.82) is 0 Å². The zero-order chi connectivity index (χ0) is 31.3. The van der Waals surface area contributed by atoms with Gasteiger partial charge in [0.1, 0.15) is 29.6 Å². The first kappa shape index (κ1) is 30.0. The molecule has 3 aliphatic heterocycles. The van der Waals surface area contributed by atoms with E-state index < -0.39 is 16.7 Å². The highest BCUT2D eigenvalue weighted by molar-refractivity contribution is 5.73. The second-order valence-corrected chi connectivity index (χ2v) is 13.7. The third kappa shape index (κ3) is 5.86. The van der Waals surface area contributed by atoms with Crippen LogP contribution in [-0.4, -0.2) is 62.7 Å². The van der Waals surface area contributed by atoms with E-state index in [0.29, 0.717) is 62.3 Å². The summed E-state index contributed by atoms with van der Waals surface area (Å²) in [5.74, 6) is 1.08. The highest BCUT2D eigenvalue weighted by Gasteiger charge is 2.48. The number of nitrogens with zero attached hydrogens (tertiary/aromatic N) is 3. The van der Waals surface area contributed by atoms with Crippen LogP contribution in [0.4, 0.5) is 14.0 Å². The number of nitrogens with one attached hydrogen (secondary N) is 1. The summed E-state index contributed by atoms with van der Waals surface area (Å²) in [6, 6.07) is 14.1. The summed E-state index contributed by atoms with van der Waals surface area (Å²) < 4.78 is 32.4. The Morgan fingerprint density at radius 1 is 1.07 bits per heavy atom. The van der Waals surface area contributed by atoms with E-state index in [0.717, 1.165) is 17.1 Å². The summed E-state index contributed by atoms with van der Waals surface area (Å²) in [7, 11) is 0. The number of H-pyrrole nitrogens is 1. The molecular weight excluding hydrogens is 563 g/mol. The van der Waals surface area contributed by atoms with Gasteiger partial charge in [-0.2, -0.15) is 0 Å². The molecule has 2 saturated heterocycles. The number of ether oxygens (including phenoxy) is 3. The van der Waals surface area contributed by atoms with Crippen molar-refractivity contribution in [3.63, 3.8) is 0 Å². The Morgan fingerprint density at radius 2 is 1.80 bits per heavy atom. The third-order valence-electron chi connectivity index (χ3n) is 8.89. The van der Waals surface area contributed by atoms with Crippen LogP contribution in [0, 0.1) is 5.82 Å². The number of aromatic amines is 1. The van der Waals surface area contributed by atoms with Crippen LogP contribution in [-0.2, 0) is 21.7 Å². The van der Waals surface area contributed by atoms with Gasteiger partial charge in [0.15, 0.2) is 5.60 Å². The molecule has 234 valence electrons. The standard InChI is InChI=1S/C34H41FN4O5/c1-32(2,3)44-31(41)39-16-13-23(20-33(39,4)5)29-36-27-25-19-24(35)11-12-26(25)43-34(28(27)37-29)14-17-38(18-15-34)30(40)42-21-22-9-7-6-8-10-22/h6-12,19,23H,13-18,20-21H2,1-5H3,(H,36,37). The first-order valence-electron chi connectivity index (χ1n) is 15.4. The molecule has 0 radical (unpaired) electrons. The molecule has 1 N–H and O–H groups in total. The van der Waals surface area contributed by atoms with Gasteiger partial charge in [-0.1, -0.05) is 30.3 Å². The lowest BCUT2D eigenvalue weighted by molar-refractivity contribution is -0.0103. The fourth-order valence-electron chi connectivity index (χ4n) is 6.65. The zero-order valence-corrected chi connectivity index (χ0v) is 26.1. The van der Waals surface area contributed by atoms with E-state index in [2.05, 4.69) is 4.98 Å². The number of imidazole rings is 1. The average molecular weight is 605 g/mol. The van der Waals surface area contributed by atoms with E-state index in [-0.39, 0.29) is 30.5 Å². The van der Waals surface area contributed by atoms with Crippen LogP contribution in [0.1, 0.15) is 83.3 Å². The lowest BCUT2D eigenvalue weighted by atomic mass is 9.82. The number of aromatic nitrogens is 2. The van der Waals surface area contributed by atoms with Crippen LogP contribution in [0.15, 0.2) is 48.5 Å². The van der Waals surface area contributed by atoms with Gasteiger partial charge in [-0.05, 0) is 71.2 Å². The Bertz CT molecular complexity index is 1540. The van der Waals surface area contributed by atoms with Crippen molar-refractivity contribution < 1.29 is 28.2 Å². The highest BCUT2D eigenvalue weighted by atomic mass is 19.1. The van der Waals surface area contributed by atoms with Gasteiger partial charge in [0.25, 0.3) is 0 Å². The maximum absolute atomic E-state index is 14.5. The predicted molar refractivity (Wildman–Crippen MR) is 163 cm³/mol. The smallest absolute Gasteiger partial charge is 0.410 e. The van der Waals surface area contributed by atoms with Gasteiger partial charge in [-0.15, -0.1) is 0 Å². The van der Waals surface area contributed by atoms with Gasteiger partial charge in [0.05, 0.1) is 11.4 Å². The number of hydrogen-bond donors (Lipinski definition) is 1. The Balaban J connectivity index is 1.22. The number of carbonyl (C=O) groups excluding carboxylic acids is 2. The number of likely N-dealkylation sites (tertiary alicyclic amines) is 2. The van der Waals surface area contributed by atoms with E-state index >= 15 is 0 Å². The fourth-order valence-corrected chi connectivity index (χ4v) is 6.65. The fraction of sp³-hybridized carbons (Fsp3) is 0.500. The van der Waals surface area contributed by atoms with Crippen LogP contribution in [0.5, 0.6) is 5.75 Å². The van der Waals surface area contributed by atoms with Crippen LogP contribution < -0.4 is 4.74 Å². The minimum atomic E-state index is -0.742. The molecule has 1 atom stereocenters. The second kappa shape index (κ2) is 11.1. The molecule has 2 fully saturated rings. The molecular formula is C34H41FN4O5. The zero-order valence-electron chi connectivity index (χ0n) is 26.1. The largest absolute Gasteiger partial charge is 0.480 e. The van der Waals surface area contributed by atoms with Crippen molar-refractivity contribution in [1.82, 2.24) is 19.8 Å². The quantitative estimate of drug-likeness (QED) is 0.342. The van der Waals surface area contributed by atoms with Crippen LogP contribution in [0.3, 0.4) is 0 Å². The highest BCUT2D eigenvalue weighted by Crippen LogP contribution is 2.50. The number of carbonyl (C=O) groups is 2. The average Bonchev–Trinajstić information content (AvgIpc) is 3.43.